The van der Waals surface area contributed by atoms with Gasteiger partial charge in [0, 0.05) is 20.2 Å². The molecule has 0 fully saturated rings. The summed E-state index contributed by atoms with van der Waals surface area (Å²) in [4.78, 5) is 21.0. The smallest absolute Gasteiger partial charge is 0.407 e. The first-order valence-electron chi connectivity index (χ1n) is 10.1. The molecule has 0 aliphatic rings. The Bertz CT molecular complexity index is 1370. The summed E-state index contributed by atoms with van der Waals surface area (Å²) in [5.74, 6) is -0.639. The van der Waals surface area contributed by atoms with Crippen molar-refractivity contribution in [3.05, 3.63) is 40.1 Å². The van der Waals surface area contributed by atoms with Crippen LogP contribution < -0.4 is 5.76 Å². The van der Waals surface area contributed by atoms with Gasteiger partial charge in [-0.05, 0) is 18.2 Å². The van der Waals surface area contributed by atoms with Crippen molar-refractivity contribution in [2.24, 2.45) is 0 Å². The normalized spacial score (nSPS) is 12.8. The quantitative estimate of drug-likeness (QED) is 0.265. The molecule has 4 aromatic rings. The van der Waals surface area contributed by atoms with E-state index in [1.165, 1.54) is 17.0 Å². The number of hydrogen-bond donors (Lipinski definition) is 0. The number of ether oxygens (including phenoxy) is 1. The van der Waals surface area contributed by atoms with E-state index < -0.39 is 26.6 Å². The fraction of sp³-hybridized carbons (Fsp3) is 0.400. The summed E-state index contributed by atoms with van der Waals surface area (Å²) in [5.41, 5.74) is 1.44. The van der Waals surface area contributed by atoms with Crippen LogP contribution in [0.15, 0.2) is 33.7 Å². The van der Waals surface area contributed by atoms with Gasteiger partial charge in [-0.2, -0.15) is 18.3 Å². The SMILES string of the molecule is C[Si](C)(C)CCOCn1c(=O)oc2c(-c3cnc4c(cnn4CC(F)(F)F)n3)ccc(Cl)c21. The van der Waals surface area contributed by atoms with Gasteiger partial charge in [-0.3, -0.25) is 0 Å². The number of fused-ring (bicyclic) bond motifs is 2. The number of alkyl halides is 3. The van der Waals surface area contributed by atoms with Gasteiger partial charge in [0.2, 0.25) is 0 Å². The largest absolute Gasteiger partial charge is 0.421 e. The van der Waals surface area contributed by atoms with Crippen LogP contribution in [0.1, 0.15) is 0 Å². The third-order valence-corrected chi connectivity index (χ3v) is 6.94. The number of nitrogens with zero attached hydrogens (tertiary/aromatic N) is 5. The highest BCUT2D eigenvalue weighted by molar-refractivity contribution is 6.76. The molecule has 33 heavy (non-hydrogen) atoms. The van der Waals surface area contributed by atoms with Crippen LogP contribution in [0, 0.1) is 0 Å². The van der Waals surface area contributed by atoms with E-state index in [1.807, 2.05) is 0 Å². The van der Waals surface area contributed by atoms with Crippen molar-refractivity contribution < 1.29 is 22.3 Å². The van der Waals surface area contributed by atoms with Crippen LogP contribution >= 0.6 is 11.6 Å². The summed E-state index contributed by atoms with van der Waals surface area (Å²) in [6, 6.07) is 4.14. The summed E-state index contributed by atoms with van der Waals surface area (Å²) in [6.07, 6.45) is -1.93. The van der Waals surface area contributed by atoms with Gasteiger partial charge in [-0.15, -0.1) is 0 Å². The van der Waals surface area contributed by atoms with Crippen molar-refractivity contribution in [1.29, 1.82) is 0 Å². The van der Waals surface area contributed by atoms with Gasteiger partial charge in [0.05, 0.1) is 23.1 Å². The second kappa shape index (κ2) is 8.58. The Balaban J connectivity index is 1.69. The van der Waals surface area contributed by atoms with Crippen LogP contribution in [-0.4, -0.2) is 45.2 Å². The van der Waals surface area contributed by atoms with Crippen LogP contribution in [0.3, 0.4) is 0 Å². The first kappa shape index (κ1) is 23.5. The average molecular weight is 500 g/mol. The summed E-state index contributed by atoms with van der Waals surface area (Å²) in [6.45, 7) is 5.90. The molecule has 0 unspecified atom stereocenters. The number of aromatic nitrogens is 5. The Kier molecular flexibility index (Phi) is 6.10. The fourth-order valence-electron chi connectivity index (χ4n) is 3.27. The fourth-order valence-corrected chi connectivity index (χ4v) is 4.27. The van der Waals surface area contributed by atoms with Crippen molar-refractivity contribution in [3.63, 3.8) is 0 Å². The van der Waals surface area contributed by atoms with Gasteiger partial charge in [0.15, 0.2) is 11.2 Å². The molecule has 0 amide bonds. The molecule has 0 spiro atoms. The zero-order chi connectivity index (χ0) is 24.0. The van der Waals surface area contributed by atoms with Gasteiger partial charge in [0.25, 0.3) is 0 Å². The van der Waals surface area contributed by atoms with Gasteiger partial charge in [-0.25, -0.2) is 24.0 Å². The first-order valence-corrected chi connectivity index (χ1v) is 14.2. The van der Waals surface area contributed by atoms with E-state index >= 15 is 0 Å². The van der Waals surface area contributed by atoms with Crippen LogP contribution in [0.4, 0.5) is 13.2 Å². The van der Waals surface area contributed by atoms with E-state index in [0.29, 0.717) is 28.4 Å². The maximum absolute atomic E-state index is 12.7. The zero-order valence-electron chi connectivity index (χ0n) is 18.1. The zero-order valence-corrected chi connectivity index (χ0v) is 19.9. The van der Waals surface area contributed by atoms with Gasteiger partial charge in [-0.1, -0.05) is 31.2 Å². The van der Waals surface area contributed by atoms with E-state index in [-0.39, 0.29) is 23.5 Å². The molecule has 3 heterocycles. The highest BCUT2D eigenvalue weighted by atomic mass is 35.5. The molecule has 0 aliphatic carbocycles. The van der Waals surface area contributed by atoms with E-state index in [2.05, 4.69) is 34.7 Å². The summed E-state index contributed by atoms with van der Waals surface area (Å²) < 4.78 is 51.4. The Hall–Kier alpha value is -2.70. The minimum atomic E-state index is -4.44. The molecular weight excluding hydrogens is 479 g/mol. The molecule has 0 radical (unpaired) electrons. The maximum Gasteiger partial charge on any atom is 0.421 e. The lowest BCUT2D eigenvalue weighted by Crippen LogP contribution is -2.23. The highest BCUT2D eigenvalue weighted by Crippen LogP contribution is 2.32. The molecule has 8 nitrogen and oxygen atoms in total. The van der Waals surface area contributed by atoms with Crippen molar-refractivity contribution in [2.45, 2.75) is 45.1 Å². The second-order valence-corrected chi connectivity index (χ2v) is 14.8. The number of oxazole rings is 1. The van der Waals surface area contributed by atoms with Crippen LogP contribution in [0.25, 0.3) is 33.5 Å². The summed E-state index contributed by atoms with van der Waals surface area (Å²) >= 11 is 6.36. The Morgan fingerprint density at radius 2 is 1.97 bits per heavy atom. The van der Waals surface area contributed by atoms with Crippen LogP contribution in [-0.2, 0) is 18.0 Å². The Labute approximate surface area is 191 Å². The molecule has 0 N–H and O–H groups in total. The van der Waals surface area contributed by atoms with Crippen molar-refractivity contribution in [3.8, 4) is 11.3 Å². The first-order chi connectivity index (χ1) is 15.4. The third kappa shape index (κ3) is 5.12. The van der Waals surface area contributed by atoms with Crippen LogP contribution in [0.2, 0.25) is 30.7 Å². The summed E-state index contributed by atoms with van der Waals surface area (Å²) in [7, 11) is -1.29. The number of rotatable bonds is 7. The number of benzene rings is 1. The highest BCUT2D eigenvalue weighted by Gasteiger charge is 2.29. The second-order valence-electron chi connectivity index (χ2n) is 8.80. The van der Waals surface area contributed by atoms with E-state index in [0.717, 1.165) is 10.7 Å². The third-order valence-electron chi connectivity index (χ3n) is 4.93. The van der Waals surface area contributed by atoms with E-state index in [4.69, 9.17) is 20.8 Å². The molecule has 0 saturated heterocycles. The topological polar surface area (TPSA) is 88.0 Å². The molecule has 3 aromatic heterocycles. The molecule has 176 valence electrons. The average Bonchev–Trinajstić information content (AvgIpc) is 3.24. The molecule has 0 aliphatic heterocycles. The number of hydrogen-bond acceptors (Lipinski definition) is 6. The van der Waals surface area contributed by atoms with Gasteiger partial charge >= 0.3 is 11.9 Å². The van der Waals surface area contributed by atoms with E-state index in [9.17, 15) is 18.0 Å². The van der Waals surface area contributed by atoms with Crippen molar-refractivity contribution in [2.75, 3.05) is 6.61 Å². The Morgan fingerprint density at radius 3 is 2.67 bits per heavy atom. The monoisotopic (exact) mass is 499 g/mol. The number of halogens is 4. The van der Waals surface area contributed by atoms with Crippen molar-refractivity contribution in [1.82, 2.24) is 24.3 Å². The minimum absolute atomic E-state index is 0.00361. The van der Waals surface area contributed by atoms with Crippen LogP contribution in [0.5, 0.6) is 0 Å². The van der Waals surface area contributed by atoms with E-state index in [1.54, 1.807) is 12.1 Å². The summed E-state index contributed by atoms with van der Waals surface area (Å²) in [5, 5.41) is 4.02. The molecule has 0 bridgehead atoms. The lowest BCUT2D eigenvalue weighted by atomic mass is 10.1. The molecular formula is C20H21ClF3N5O3Si. The lowest BCUT2D eigenvalue weighted by molar-refractivity contribution is -0.141. The van der Waals surface area contributed by atoms with Gasteiger partial charge in [0.1, 0.15) is 24.3 Å². The molecule has 0 atom stereocenters. The predicted octanol–water partition coefficient (Wildman–Crippen LogP) is 4.93. The van der Waals surface area contributed by atoms with Crippen molar-refractivity contribution >= 4 is 41.9 Å². The Morgan fingerprint density at radius 1 is 1.21 bits per heavy atom. The standard InChI is InChI=1S/C20H21ClF3N5O3Si/c1-33(2,3)7-6-31-11-28-16-13(21)5-4-12(17(16)32-19(28)30)14-8-25-18-15(27-14)9-26-29(18)10-20(22,23)24/h4-5,8-9H,6-7,10-11H2,1-3H3. The lowest BCUT2D eigenvalue weighted by Gasteiger charge is -2.15. The minimum Gasteiger partial charge on any atom is -0.407 e. The molecule has 0 saturated carbocycles. The van der Waals surface area contributed by atoms with Gasteiger partial charge < -0.3 is 9.15 Å². The molecule has 4 rings (SSSR count). The molecule has 13 heteroatoms. The predicted molar refractivity (Wildman–Crippen MR) is 120 cm³/mol. The maximum atomic E-state index is 12.7. The molecule has 1 aromatic carbocycles.